The fourth-order valence-electron chi connectivity index (χ4n) is 5.55. The molecule has 3 aliphatic rings. The van der Waals surface area contributed by atoms with Crippen LogP contribution in [-0.2, 0) is 22.6 Å². The molecule has 3 saturated heterocycles. The van der Waals surface area contributed by atoms with Crippen molar-refractivity contribution in [3.05, 3.63) is 17.5 Å². The predicted molar refractivity (Wildman–Crippen MR) is 104 cm³/mol. The van der Waals surface area contributed by atoms with Crippen LogP contribution in [0.2, 0.25) is 0 Å². The first-order valence-corrected chi connectivity index (χ1v) is 10.7. The number of hydrogen-bond donors (Lipinski definition) is 1. The topological polar surface area (TPSA) is 59.4 Å². The average Bonchev–Trinajstić information content (AvgIpc) is 3.36. The number of carbonyl (C=O) groups is 1. The van der Waals surface area contributed by atoms with Crippen LogP contribution in [0.3, 0.4) is 0 Å². The Morgan fingerprint density at radius 1 is 1.41 bits per heavy atom. The van der Waals surface area contributed by atoms with Gasteiger partial charge in [-0.1, -0.05) is 13.8 Å². The van der Waals surface area contributed by atoms with E-state index in [1.807, 2.05) is 6.20 Å². The van der Waals surface area contributed by atoms with Gasteiger partial charge in [0.15, 0.2) is 0 Å². The molecule has 1 aromatic rings. The quantitative estimate of drug-likeness (QED) is 0.760. The summed E-state index contributed by atoms with van der Waals surface area (Å²) < 4.78 is 8.64. The molecule has 0 unspecified atom stereocenters. The van der Waals surface area contributed by atoms with Crippen LogP contribution in [0.4, 0.5) is 0 Å². The third kappa shape index (κ3) is 3.42. The van der Waals surface area contributed by atoms with E-state index >= 15 is 0 Å². The number of carbonyl (C=O) groups excluding carboxylic acids is 1. The van der Waals surface area contributed by atoms with Gasteiger partial charge >= 0.3 is 0 Å². The van der Waals surface area contributed by atoms with E-state index in [2.05, 4.69) is 40.8 Å². The van der Waals surface area contributed by atoms with Gasteiger partial charge in [-0.15, -0.1) is 0 Å². The normalized spacial score (nSPS) is 32.2. The SMILES string of the molecule is CCCC(=O)NC[C@H]1[C@H]2CN(Cc3cnn(CCC)c3C)C[C@]23CC[C@H]1O3. The highest BCUT2D eigenvalue weighted by Crippen LogP contribution is 2.54. The van der Waals surface area contributed by atoms with Crippen molar-refractivity contribution in [3.63, 3.8) is 0 Å². The summed E-state index contributed by atoms with van der Waals surface area (Å²) in [4.78, 5) is 14.5. The highest BCUT2D eigenvalue weighted by atomic mass is 16.5. The highest BCUT2D eigenvalue weighted by Gasteiger charge is 2.62. The van der Waals surface area contributed by atoms with Gasteiger partial charge in [-0.05, 0) is 32.6 Å². The second-order valence-corrected chi connectivity index (χ2v) is 8.73. The summed E-state index contributed by atoms with van der Waals surface area (Å²) in [7, 11) is 0. The van der Waals surface area contributed by atoms with Crippen molar-refractivity contribution in [1.29, 1.82) is 0 Å². The van der Waals surface area contributed by atoms with Gasteiger partial charge in [0, 0.05) is 62.2 Å². The molecule has 6 nitrogen and oxygen atoms in total. The zero-order chi connectivity index (χ0) is 19.0. The first-order valence-electron chi connectivity index (χ1n) is 10.7. The molecule has 27 heavy (non-hydrogen) atoms. The Balaban J connectivity index is 1.40. The second kappa shape index (κ2) is 7.55. The molecule has 0 radical (unpaired) electrons. The van der Waals surface area contributed by atoms with Gasteiger partial charge in [0.05, 0.1) is 17.9 Å². The van der Waals surface area contributed by atoms with Gasteiger partial charge in [0.1, 0.15) is 0 Å². The van der Waals surface area contributed by atoms with E-state index in [0.29, 0.717) is 24.4 Å². The number of ether oxygens (including phenoxy) is 1. The summed E-state index contributed by atoms with van der Waals surface area (Å²) in [6.45, 7) is 11.2. The molecule has 4 heterocycles. The van der Waals surface area contributed by atoms with Crippen molar-refractivity contribution in [2.45, 2.75) is 77.7 Å². The first kappa shape index (κ1) is 18.9. The van der Waals surface area contributed by atoms with E-state index in [9.17, 15) is 4.79 Å². The Bertz CT molecular complexity index is 688. The third-order valence-electron chi connectivity index (χ3n) is 6.90. The predicted octanol–water partition coefficient (Wildman–Crippen LogP) is 2.50. The van der Waals surface area contributed by atoms with Crippen LogP contribution in [0.5, 0.6) is 0 Å². The average molecular weight is 375 g/mol. The van der Waals surface area contributed by atoms with E-state index < -0.39 is 0 Å². The summed E-state index contributed by atoms with van der Waals surface area (Å²) in [5, 5.41) is 7.72. The van der Waals surface area contributed by atoms with Gasteiger partial charge < -0.3 is 10.1 Å². The summed E-state index contributed by atoms with van der Waals surface area (Å²) >= 11 is 0. The Morgan fingerprint density at radius 3 is 3.04 bits per heavy atom. The molecule has 0 aromatic carbocycles. The molecular formula is C21H34N4O2. The lowest BCUT2D eigenvalue weighted by molar-refractivity contribution is -0.121. The van der Waals surface area contributed by atoms with Crippen molar-refractivity contribution in [2.24, 2.45) is 11.8 Å². The summed E-state index contributed by atoms with van der Waals surface area (Å²) in [6, 6.07) is 0. The van der Waals surface area contributed by atoms with Gasteiger partial charge in [-0.25, -0.2) is 0 Å². The van der Waals surface area contributed by atoms with Crippen LogP contribution >= 0.6 is 0 Å². The Morgan fingerprint density at radius 2 is 2.26 bits per heavy atom. The maximum Gasteiger partial charge on any atom is 0.219 e. The van der Waals surface area contributed by atoms with Crippen molar-refractivity contribution >= 4 is 5.91 Å². The highest BCUT2D eigenvalue weighted by molar-refractivity contribution is 5.75. The zero-order valence-electron chi connectivity index (χ0n) is 17.0. The van der Waals surface area contributed by atoms with E-state index in [1.165, 1.54) is 17.7 Å². The third-order valence-corrected chi connectivity index (χ3v) is 6.90. The molecule has 4 rings (SSSR count). The fourth-order valence-corrected chi connectivity index (χ4v) is 5.55. The maximum absolute atomic E-state index is 11.9. The Hall–Kier alpha value is -1.40. The number of amides is 1. The minimum atomic E-state index is 0.0259. The largest absolute Gasteiger partial charge is 0.370 e. The molecule has 0 aliphatic carbocycles. The van der Waals surface area contributed by atoms with Crippen molar-refractivity contribution in [1.82, 2.24) is 20.0 Å². The van der Waals surface area contributed by atoms with Crippen LogP contribution in [-0.4, -0.2) is 51.9 Å². The van der Waals surface area contributed by atoms with Gasteiger partial charge in [0.25, 0.3) is 0 Å². The molecule has 150 valence electrons. The molecule has 1 N–H and O–H groups in total. The standard InChI is InChI=1S/C21H34N4O2/c1-4-6-20(26)22-11-17-18-13-24(14-21(18)8-7-19(17)27-21)12-16-10-23-25(9-5-2)15(16)3/h10,17-19H,4-9,11-14H2,1-3H3,(H,22,26)/t17-,18+,19+,21+/m0/s1. The Kier molecular flexibility index (Phi) is 5.30. The molecule has 4 atom stereocenters. The molecule has 3 fully saturated rings. The van der Waals surface area contributed by atoms with Crippen LogP contribution < -0.4 is 5.32 Å². The number of aryl methyl sites for hydroxylation is 1. The fraction of sp³-hybridized carbons (Fsp3) is 0.810. The summed E-state index contributed by atoms with van der Waals surface area (Å²) in [5.41, 5.74) is 2.65. The molecule has 2 bridgehead atoms. The zero-order valence-corrected chi connectivity index (χ0v) is 17.0. The molecule has 1 spiro atoms. The summed E-state index contributed by atoms with van der Waals surface area (Å²) in [5.74, 6) is 1.20. The second-order valence-electron chi connectivity index (χ2n) is 8.73. The number of nitrogens with one attached hydrogen (secondary N) is 1. The number of hydrogen-bond acceptors (Lipinski definition) is 4. The number of aromatic nitrogens is 2. The van der Waals surface area contributed by atoms with Crippen LogP contribution in [0.1, 0.15) is 57.2 Å². The van der Waals surface area contributed by atoms with E-state index in [1.54, 1.807) is 0 Å². The molecule has 1 aromatic heterocycles. The number of fused-ring (bicyclic) bond motifs is 1. The molecule has 1 amide bonds. The molecule has 3 aliphatic heterocycles. The van der Waals surface area contributed by atoms with Gasteiger partial charge in [-0.3, -0.25) is 14.4 Å². The number of rotatable bonds is 8. The molecule has 6 heteroatoms. The van der Waals surface area contributed by atoms with Crippen LogP contribution in [0.25, 0.3) is 0 Å². The van der Waals surface area contributed by atoms with Crippen LogP contribution in [0.15, 0.2) is 6.20 Å². The van der Waals surface area contributed by atoms with Crippen molar-refractivity contribution in [2.75, 3.05) is 19.6 Å². The van der Waals surface area contributed by atoms with Crippen molar-refractivity contribution < 1.29 is 9.53 Å². The van der Waals surface area contributed by atoms with E-state index in [-0.39, 0.29) is 11.5 Å². The lowest BCUT2D eigenvalue weighted by Crippen LogP contribution is -2.41. The number of likely N-dealkylation sites (tertiary alicyclic amines) is 1. The lowest BCUT2D eigenvalue weighted by Gasteiger charge is -2.29. The monoisotopic (exact) mass is 374 g/mol. The van der Waals surface area contributed by atoms with E-state index in [0.717, 1.165) is 52.0 Å². The first-order chi connectivity index (χ1) is 13.1. The minimum Gasteiger partial charge on any atom is -0.370 e. The smallest absolute Gasteiger partial charge is 0.219 e. The summed E-state index contributed by atoms with van der Waals surface area (Å²) in [6.07, 6.45) is 7.34. The van der Waals surface area contributed by atoms with Gasteiger partial charge in [-0.2, -0.15) is 5.10 Å². The molecule has 0 saturated carbocycles. The molecular weight excluding hydrogens is 340 g/mol. The minimum absolute atomic E-state index is 0.0259. The van der Waals surface area contributed by atoms with Crippen molar-refractivity contribution in [3.8, 4) is 0 Å². The number of nitrogens with zero attached hydrogens (tertiary/aromatic N) is 3. The van der Waals surface area contributed by atoms with Gasteiger partial charge in [0.2, 0.25) is 5.91 Å². The maximum atomic E-state index is 11.9. The van der Waals surface area contributed by atoms with E-state index in [4.69, 9.17) is 4.74 Å². The Labute approximate surface area is 162 Å². The lowest BCUT2D eigenvalue weighted by atomic mass is 9.73. The van der Waals surface area contributed by atoms with Crippen LogP contribution in [0, 0.1) is 18.8 Å².